The standard InChI is InChI=1S/C22H23N3O4S2/c1-16-11-12-20(30-16)31(27,28)25-14-6-7-17(15-25)21(26)24-19-10-5-13-23-22(19)29-18-8-3-2-4-9-18/h2-5,8-13,17H,6-7,14-15H2,1H3,(H,24,26). The van der Waals surface area contributed by atoms with E-state index in [1.807, 2.05) is 25.1 Å². The molecule has 0 radical (unpaired) electrons. The highest BCUT2D eigenvalue weighted by Gasteiger charge is 2.34. The number of rotatable bonds is 6. The van der Waals surface area contributed by atoms with E-state index in [0.717, 1.165) is 4.88 Å². The lowest BCUT2D eigenvalue weighted by atomic mass is 9.99. The topological polar surface area (TPSA) is 88.6 Å². The zero-order valence-electron chi connectivity index (χ0n) is 17.0. The molecule has 1 aliphatic rings. The summed E-state index contributed by atoms with van der Waals surface area (Å²) in [5.41, 5.74) is 0.449. The van der Waals surface area contributed by atoms with Gasteiger partial charge in [0, 0.05) is 24.2 Å². The second-order valence-corrected chi connectivity index (χ2v) is 10.8. The minimum absolute atomic E-state index is 0.153. The Bertz CT molecular complexity index is 1160. The van der Waals surface area contributed by atoms with Gasteiger partial charge in [0.15, 0.2) is 0 Å². The molecule has 162 valence electrons. The van der Waals surface area contributed by atoms with Crippen LogP contribution in [-0.4, -0.2) is 36.7 Å². The van der Waals surface area contributed by atoms with Crippen molar-refractivity contribution in [2.24, 2.45) is 5.92 Å². The quantitative estimate of drug-likeness (QED) is 0.597. The van der Waals surface area contributed by atoms with Crippen LogP contribution in [0.3, 0.4) is 0 Å². The number of nitrogens with one attached hydrogen (secondary N) is 1. The fourth-order valence-corrected chi connectivity index (χ4v) is 6.42. The molecular weight excluding hydrogens is 434 g/mol. The highest BCUT2D eigenvalue weighted by atomic mass is 32.2. The molecule has 9 heteroatoms. The van der Waals surface area contributed by atoms with Crippen molar-refractivity contribution in [1.29, 1.82) is 0 Å². The molecule has 0 bridgehead atoms. The lowest BCUT2D eigenvalue weighted by molar-refractivity contribution is -0.120. The van der Waals surface area contributed by atoms with Crippen LogP contribution in [0, 0.1) is 12.8 Å². The first-order chi connectivity index (χ1) is 14.9. The van der Waals surface area contributed by atoms with Crippen molar-refractivity contribution in [2.45, 2.75) is 24.0 Å². The third-order valence-electron chi connectivity index (χ3n) is 5.05. The molecule has 1 fully saturated rings. The number of pyridine rings is 1. The van der Waals surface area contributed by atoms with E-state index >= 15 is 0 Å². The van der Waals surface area contributed by atoms with E-state index in [0.29, 0.717) is 35.0 Å². The molecule has 1 amide bonds. The lowest BCUT2D eigenvalue weighted by Gasteiger charge is -2.30. The van der Waals surface area contributed by atoms with Gasteiger partial charge in [0.2, 0.25) is 11.8 Å². The van der Waals surface area contributed by atoms with Crippen molar-refractivity contribution in [3.8, 4) is 11.6 Å². The Kier molecular flexibility index (Phi) is 6.35. The Morgan fingerprint density at radius 3 is 2.71 bits per heavy atom. The zero-order valence-corrected chi connectivity index (χ0v) is 18.7. The van der Waals surface area contributed by atoms with Gasteiger partial charge in [-0.3, -0.25) is 4.79 Å². The molecule has 3 heterocycles. The second-order valence-electron chi connectivity index (χ2n) is 7.33. The summed E-state index contributed by atoms with van der Waals surface area (Å²) in [5.74, 6) is 0.205. The van der Waals surface area contributed by atoms with Crippen LogP contribution >= 0.6 is 11.3 Å². The third kappa shape index (κ3) is 4.95. The summed E-state index contributed by atoms with van der Waals surface area (Å²) >= 11 is 1.25. The highest BCUT2D eigenvalue weighted by molar-refractivity contribution is 7.91. The number of amides is 1. The molecule has 1 N–H and O–H groups in total. The molecule has 0 saturated carbocycles. The van der Waals surface area contributed by atoms with Gasteiger partial charge in [-0.15, -0.1) is 11.3 Å². The number of sulfonamides is 1. The van der Waals surface area contributed by atoms with Crippen LogP contribution in [0.25, 0.3) is 0 Å². The van der Waals surface area contributed by atoms with Crippen LogP contribution < -0.4 is 10.1 Å². The molecule has 0 aliphatic carbocycles. The number of anilines is 1. The van der Waals surface area contributed by atoms with Crippen molar-refractivity contribution in [1.82, 2.24) is 9.29 Å². The van der Waals surface area contributed by atoms with Crippen molar-refractivity contribution < 1.29 is 17.9 Å². The van der Waals surface area contributed by atoms with Crippen molar-refractivity contribution in [2.75, 3.05) is 18.4 Å². The first-order valence-electron chi connectivity index (χ1n) is 9.99. The maximum atomic E-state index is 13.0. The zero-order chi connectivity index (χ0) is 21.8. The van der Waals surface area contributed by atoms with Crippen molar-refractivity contribution >= 4 is 33.0 Å². The van der Waals surface area contributed by atoms with E-state index in [4.69, 9.17) is 4.74 Å². The number of ether oxygens (including phenoxy) is 1. The van der Waals surface area contributed by atoms with E-state index in [1.165, 1.54) is 15.6 Å². The number of para-hydroxylation sites is 1. The normalized spacial score (nSPS) is 17.3. The summed E-state index contributed by atoms with van der Waals surface area (Å²) in [6, 6.07) is 16.0. The Morgan fingerprint density at radius 1 is 1.16 bits per heavy atom. The Balaban J connectivity index is 1.47. The van der Waals surface area contributed by atoms with Gasteiger partial charge < -0.3 is 10.1 Å². The summed E-state index contributed by atoms with van der Waals surface area (Å²) in [4.78, 5) is 18.1. The molecule has 31 heavy (non-hydrogen) atoms. The average molecular weight is 458 g/mol. The number of benzene rings is 1. The smallest absolute Gasteiger partial charge is 0.252 e. The Hall–Kier alpha value is -2.75. The summed E-state index contributed by atoms with van der Waals surface area (Å²) < 4.78 is 33.5. The molecule has 7 nitrogen and oxygen atoms in total. The molecule has 4 rings (SSSR count). The van der Waals surface area contributed by atoms with Crippen LogP contribution in [0.1, 0.15) is 17.7 Å². The number of hydrogen-bond acceptors (Lipinski definition) is 6. The monoisotopic (exact) mass is 457 g/mol. The number of carbonyl (C=O) groups is 1. The Labute approximate surface area is 185 Å². The summed E-state index contributed by atoms with van der Waals surface area (Å²) in [6.07, 6.45) is 2.84. The maximum absolute atomic E-state index is 13.0. The molecular formula is C22H23N3O4S2. The number of carbonyl (C=O) groups excluding carboxylic acids is 1. The van der Waals surface area contributed by atoms with Crippen LogP contribution in [0.15, 0.2) is 65.0 Å². The lowest BCUT2D eigenvalue weighted by Crippen LogP contribution is -2.43. The number of thiophene rings is 1. The first-order valence-corrected chi connectivity index (χ1v) is 12.2. The van der Waals surface area contributed by atoms with Gasteiger partial charge in [-0.1, -0.05) is 18.2 Å². The predicted molar refractivity (Wildman–Crippen MR) is 120 cm³/mol. The second kappa shape index (κ2) is 9.17. The van der Waals surface area contributed by atoms with E-state index in [-0.39, 0.29) is 18.3 Å². The van der Waals surface area contributed by atoms with Gasteiger partial charge in [-0.05, 0) is 56.2 Å². The minimum atomic E-state index is -3.59. The number of aromatic nitrogens is 1. The molecule has 2 aromatic heterocycles. The highest BCUT2D eigenvalue weighted by Crippen LogP contribution is 2.30. The van der Waals surface area contributed by atoms with E-state index in [2.05, 4.69) is 10.3 Å². The SMILES string of the molecule is Cc1ccc(S(=O)(=O)N2CCCC(C(=O)Nc3cccnc3Oc3ccccc3)C2)s1. The van der Waals surface area contributed by atoms with Gasteiger partial charge in [0.25, 0.3) is 10.0 Å². The van der Waals surface area contributed by atoms with Crippen LogP contribution in [-0.2, 0) is 14.8 Å². The van der Waals surface area contributed by atoms with Crippen LogP contribution in [0.5, 0.6) is 11.6 Å². The molecule has 3 aromatic rings. The fraction of sp³-hybridized carbons (Fsp3) is 0.273. The molecule has 1 saturated heterocycles. The molecule has 1 aromatic carbocycles. The third-order valence-corrected chi connectivity index (χ3v) is 8.38. The molecule has 1 atom stereocenters. The number of piperidine rings is 1. The van der Waals surface area contributed by atoms with Crippen molar-refractivity contribution in [3.05, 3.63) is 65.7 Å². The fourth-order valence-electron chi connectivity index (χ4n) is 3.45. The predicted octanol–water partition coefficient (Wildman–Crippen LogP) is 4.28. The van der Waals surface area contributed by atoms with Gasteiger partial charge in [0.1, 0.15) is 15.6 Å². The number of nitrogens with zero attached hydrogens (tertiary/aromatic N) is 2. The van der Waals surface area contributed by atoms with E-state index < -0.39 is 15.9 Å². The van der Waals surface area contributed by atoms with Crippen LogP contribution in [0.4, 0.5) is 5.69 Å². The number of aryl methyl sites for hydroxylation is 1. The van der Waals surface area contributed by atoms with Crippen molar-refractivity contribution in [3.63, 3.8) is 0 Å². The van der Waals surface area contributed by atoms with Crippen LogP contribution in [0.2, 0.25) is 0 Å². The van der Waals surface area contributed by atoms with Gasteiger partial charge >= 0.3 is 0 Å². The molecule has 0 spiro atoms. The first kappa shape index (κ1) is 21.5. The van der Waals surface area contributed by atoms with Gasteiger partial charge in [-0.2, -0.15) is 4.31 Å². The average Bonchev–Trinajstić information content (AvgIpc) is 3.23. The van der Waals surface area contributed by atoms with E-state index in [1.54, 1.807) is 42.6 Å². The molecule has 1 aliphatic heterocycles. The summed E-state index contributed by atoms with van der Waals surface area (Å²) in [5, 5.41) is 2.87. The summed E-state index contributed by atoms with van der Waals surface area (Å²) in [6.45, 7) is 2.44. The summed E-state index contributed by atoms with van der Waals surface area (Å²) in [7, 11) is -3.59. The van der Waals surface area contributed by atoms with Gasteiger partial charge in [0.05, 0.1) is 5.92 Å². The maximum Gasteiger partial charge on any atom is 0.252 e. The minimum Gasteiger partial charge on any atom is -0.437 e. The largest absolute Gasteiger partial charge is 0.437 e. The molecule has 1 unspecified atom stereocenters. The van der Waals surface area contributed by atoms with Gasteiger partial charge in [-0.25, -0.2) is 13.4 Å². The Morgan fingerprint density at radius 2 is 1.97 bits per heavy atom. The number of hydrogen-bond donors (Lipinski definition) is 1. The van der Waals surface area contributed by atoms with E-state index in [9.17, 15) is 13.2 Å².